The van der Waals surface area contributed by atoms with Crippen LogP contribution in [-0.4, -0.2) is 47.4 Å². The van der Waals surface area contributed by atoms with Gasteiger partial charge in [-0.15, -0.1) is 0 Å². The number of nitro groups is 1. The number of morpholine rings is 1. The van der Waals surface area contributed by atoms with E-state index in [0.717, 1.165) is 18.9 Å². The molecule has 0 bridgehead atoms. The number of nitrogens with zero attached hydrogens (tertiary/aromatic N) is 5. The second kappa shape index (κ2) is 7.67. The molecule has 0 spiro atoms. The van der Waals surface area contributed by atoms with Crippen molar-refractivity contribution in [3.05, 3.63) is 51.8 Å². The first-order valence-corrected chi connectivity index (χ1v) is 7.84. The number of aryl methyl sites for hydroxylation is 1. The Hall–Kier alpha value is -3.07. The predicted octanol–water partition coefficient (Wildman–Crippen LogP) is 1.98. The fourth-order valence-electron chi connectivity index (χ4n) is 2.49. The quantitative estimate of drug-likeness (QED) is 0.503. The molecule has 0 amide bonds. The summed E-state index contributed by atoms with van der Waals surface area (Å²) < 4.78 is 5.35. The smallest absolute Gasteiger partial charge is 0.278 e. The lowest BCUT2D eigenvalue weighted by Gasteiger charge is -2.28. The van der Waals surface area contributed by atoms with Crippen molar-refractivity contribution in [1.82, 2.24) is 9.97 Å². The third kappa shape index (κ3) is 4.27. The number of anilines is 2. The van der Waals surface area contributed by atoms with E-state index in [4.69, 9.17) is 4.74 Å². The Balaban J connectivity index is 1.75. The molecule has 0 aliphatic carbocycles. The largest absolute Gasteiger partial charge is 0.378 e. The molecule has 0 saturated carbocycles. The van der Waals surface area contributed by atoms with E-state index in [9.17, 15) is 10.1 Å². The predicted molar refractivity (Wildman–Crippen MR) is 94.1 cm³/mol. The van der Waals surface area contributed by atoms with Gasteiger partial charge < -0.3 is 9.64 Å². The van der Waals surface area contributed by atoms with Gasteiger partial charge in [-0.05, 0) is 13.0 Å². The summed E-state index contributed by atoms with van der Waals surface area (Å²) in [6, 6.07) is 8.21. The highest BCUT2D eigenvalue weighted by Crippen LogP contribution is 2.18. The first-order chi connectivity index (χ1) is 12.1. The zero-order valence-electron chi connectivity index (χ0n) is 13.8. The van der Waals surface area contributed by atoms with E-state index < -0.39 is 4.92 Å². The van der Waals surface area contributed by atoms with Crippen molar-refractivity contribution in [3.63, 3.8) is 0 Å². The monoisotopic (exact) mass is 342 g/mol. The van der Waals surface area contributed by atoms with E-state index in [1.807, 2.05) is 0 Å². The molecule has 0 radical (unpaired) electrons. The van der Waals surface area contributed by atoms with Gasteiger partial charge in [0.2, 0.25) is 0 Å². The zero-order chi connectivity index (χ0) is 17.6. The minimum Gasteiger partial charge on any atom is -0.378 e. The van der Waals surface area contributed by atoms with E-state index in [0.29, 0.717) is 30.4 Å². The van der Waals surface area contributed by atoms with E-state index >= 15 is 0 Å². The molecule has 1 saturated heterocycles. The molecule has 25 heavy (non-hydrogen) atoms. The Morgan fingerprint density at radius 1 is 1.32 bits per heavy atom. The summed E-state index contributed by atoms with van der Waals surface area (Å²) in [6.45, 7) is 4.69. The molecular weight excluding hydrogens is 324 g/mol. The summed E-state index contributed by atoms with van der Waals surface area (Å²) in [5.74, 6) is 1.95. The normalized spacial score (nSPS) is 14.7. The number of ether oxygens (including phenoxy) is 1. The molecule has 3 rings (SSSR count). The maximum Gasteiger partial charge on any atom is 0.278 e. The van der Waals surface area contributed by atoms with Crippen LogP contribution in [0.25, 0.3) is 0 Å². The standard InChI is InChI=1S/C16H18N6O3/c1-12-18-15(10-16(19-12)21-6-8-25-9-7-21)20-17-11-13-4-2-3-5-14(13)22(23)24/h2-5,10-11H,6-9H2,1H3,(H,18,19,20). The molecule has 1 aliphatic rings. The SMILES string of the molecule is Cc1nc(NN=Cc2ccccc2[N+](=O)[O-])cc(N2CCOCC2)n1. The van der Waals surface area contributed by atoms with E-state index in [1.165, 1.54) is 12.3 Å². The van der Waals surface area contributed by atoms with Crippen LogP contribution in [0.1, 0.15) is 11.4 Å². The van der Waals surface area contributed by atoms with Gasteiger partial charge in [-0.3, -0.25) is 15.5 Å². The van der Waals surface area contributed by atoms with Gasteiger partial charge in [-0.25, -0.2) is 9.97 Å². The Bertz CT molecular complexity index is 789. The number of nitrogens with one attached hydrogen (secondary N) is 1. The lowest BCUT2D eigenvalue weighted by Crippen LogP contribution is -2.36. The van der Waals surface area contributed by atoms with Crippen LogP contribution in [0.2, 0.25) is 0 Å². The molecule has 2 aromatic rings. The van der Waals surface area contributed by atoms with Gasteiger partial charge >= 0.3 is 0 Å². The number of hydrogen-bond acceptors (Lipinski definition) is 8. The average Bonchev–Trinajstić information content (AvgIpc) is 2.62. The van der Waals surface area contributed by atoms with Crippen molar-refractivity contribution < 1.29 is 9.66 Å². The molecule has 9 nitrogen and oxygen atoms in total. The van der Waals surface area contributed by atoms with Gasteiger partial charge in [-0.1, -0.05) is 12.1 Å². The van der Waals surface area contributed by atoms with Crippen LogP contribution in [0.15, 0.2) is 35.4 Å². The molecule has 0 atom stereocenters. The first-order valence-electron chi connectivity index (χ1n) is 7.84. The summed E-state index contributed by atoms with van der Waals surface area (Å²) in [5.41, 5.74) is 3.23. The lowest BCUT2D eigenvalue weighted by molar-refractivity contribution is -0.385. The zero-order valence-corrected chi connectivity index (χ0v) is 13.8. The second-order valence-corrected chi connectivity index (χ2v) is 5.44. The van der Waals surface area contributed by atoms with Gasteiger partial charge in [0, 0.05) is 25.2 Å². The van der Waals surface area contributed by atoms with Crippen LogP contribution >= 0.6 is 0 Å². The van der Waals surface area contributed by atoms with Crippen LogP contribution in [0.5, 0.6) is 0 Å². The summed E-state index contributed by atoms with van der Waals surface area (Å²) in [5, 5.41) is 15.1. The van der Waals surface area contributed by atoms with Crippen molar-refractivity contribution in [1.29, 1.82) is 0 Å². The van der Waals surface area contributed by atoms with Crippen LogP contribution in [0.3, 0.4) is 0 Å². The Kier molecular flexibility index (Phi) is 5.14. The van der Waals surface area contributed by atoms with E-state index in [-0.39, 0.29) is 5.69 Å². The number of hydrogen-bond donors (Lipinski definition) is 1. The summed E-state index contributed by atoms with van der Waals surface area (Å²) >= 11 is 0. The fraction of sp³-hybridized carbons (Fsp3) is 0.312. The molecular formula is C16H18N6O3. The molecule has 2 heterocycles. The third-order valence-electron chi connectivity index (χ3n) is 3.68. The number of aromatic nitrogens is 2. The van der Waals surface area contributed by atoms with E-state index in [1.54, 1.807) is 31.2 Å². The van der Waals surface area contributed by atoms with Gasteiger partial charge in [0.15, 0.2) is 5.82 Å². The molecule has 1 fully saturated rings. The minimum absolute atomic E-state index is 0.000855. The lowest BCUT2D eigenvalue weighted by atomic mass is 10.2. The van der Waals surface area contributed by atoms with Crippen molar-refractivity contribution in [2.75, 3.05) is 36.6 Å². The number of nitro benzene ring substituents is 1. The highest BCUT2D eigenvalue weighted by Gasteiger charge is 2.14. The summed E-state index contributed by atoms with van der Waals surface area (Å²) in [6.07, 6.45) is 1.41. The Morgan fingerprint density at radius 2 is 2.08 bits per heavy atom. The maximum atomic E-state index is 11.0. The molecule has 130 valence electrons. The van der Waals surface area contributed by atoms with Crippen molar-refractivity contribution in [2.24, 2.45) is 5.10 Å². The molecule has 1 aromatic carbocycles. The summed E-state index contributed by atoms with van der Waals surface area (Å²) in [7, 11) is 0. The van der Waals surface area contributed by atoms with Crippen molar-refractivity contribution >= 4 is 23.5 Å². The molecule has 1 aromatic heterocycles. The average molecular weight is 342 g/mol. The fourth-order valence-corrected chi connectivity index (χ4v) is 2.49. The molecule has 1 N–H and O–H groups in total. The molecule has 1 aliphatic heterocycles. The van der Waals surface area contributed by atoms with Crippen LogP contribution < -0.4 is 10.3 Å². The van der Waals surface area contributed by atoms with Gasteiger partial charge in [0.25, 0.3) is 5.69 Å². The Labute approximate surface area is 144 Å². The van der Waals surface area contributed by atoms with Crippen molar-refractivity contribution in [3.8, 4) is 0 Å². The third-order valence-corrected chi connectivity index (χ3v) is 3.68. The topological polar surface area (TPSA) is 106 Å². The van der Waals surface area contributed by atoms with Gasteiger partial charge in [0.1, 0.15) is 11.6 Å². The van der Waals surface area contributed by atoms with Crippen LogP contribution in [-0.2, 0) is 4.74 Å². The first kappa shape index (κ1) is 16.8. The van der Waals surface area contributed by atoms with Crippen LogP contribution in [0.4, 0.5) is 17.3 Å². The van der Waals surface area contributed by atoms with Crippen LogP contribution in [0, 0.1) is 17.0 Å². The number of hydrazone groups is 1. The molecule has 9 heteroatoms. The van der Waals surface area contributed by atoms with Crippen molar-refractivity contribution in [2.45, 2.75) is 6.92 Å². The number of benzene rings is 1. The number of para-hydroxylation sites is 1. The maximum absolute atomic E-state index is 11.0. The summed E-state index contributed by atoms with van der Waals surface area (Å²) in [4.78, 5) is 21.4. The highest BCUT2D eigenvalue weighted by atomic mass is 16.6. The minimum atomic E-state index is -0.438. The van der Waals surface area contributed by atoms with E-state index in [2.05, 4.69) is 25.4 Å². The second-order valence-electron chi connectivity index (χ2n) is 5.44. The van der Waals surface area contributed by atoms with Gasteiger partial charge in [0.05, 0.1) is 29.9 Å². The van der Waals surface area contributed by atoms with Gasteiger partial charge in [-0.2, -0.15) is 5.10 Å². The Morgan fingerprint density at radius 3 is 2.84 bits per heavy atom. The number of rotatable bonds is 5. The highest BCUT2D eigenvalue weighted by molar-refractivity contribution is 5.85. The molecule has 0 unspecified atom stereocenters.